The van der Waals surface area contributed by atoms with Gasteiger partial charge < -0.3 is 9.15 Å². The number of hydrogen-bond donors (Lipinski definition) is 0. The zero-order valence-corrected chi connectivity index (χ0v) is 14.5. The molecule has 6 heteroatoms. The van der Waals surface area contributed by atoms with E-state index in [-0.39, 0.29) is 18.7 Å². The standard InChI is InChI=1S/C19H17NO4S/c1-3-23-18(21)12-20-13(2)25-17(19(20)22)11-15-9-10-16(24-15)14-7-5-4-6-8-14/h4-11H,2-3,12H2,1H3/b17-11-. The molecule has 0 unspecified atom stereocenters. The van der Waals surface area contributed by atoms with Crippen molar-refractivity contribution in [1.82, 2.24) is 4.57 Å². The summed E-state index contributed by atoms with van der Waals surface area (Å²) in [4.78, 5) is 24.1. The number of aromatic nitrogens is 1. The van der Waals surface area contributed by atoms with Crippen molar-refractivity contribution in [2.24, 2.45) is 0 Å². The number of benzene rings is 1. The van der Waals surface area contributed by atoms with Crippen molar-refractivity contribution < 1.29 is 13.9 Å². The molecule has 0 bridgehead atoms. The van der Waals surface area contributed by atoms with Gasteiger partial charge in [-0.3, -0.25) is 14.2 Å². The number of carbonyl (C=O) groups excluding carboxylic acids is 1. The Balaban J connectivity index is 1.93. The van der Waals surface area contributed by atoms with Gasteiger partial charge in [0, 0.05) is 11.6 Å². The topological polar surface area (TPSA) is 61.4 Å². The monoisotopic (exact) mass is 355 g/mol. The minimum absolute atomic E-state index is 0.136. The van der Waals surface area contributed by atoms with Gasteiger partial charge in [-0.2, -0.15) is 0 Å². The van der Waals surface area contributed by atoms with Crippen molar-refractivity contribution in [3.8, 4) is 11.3 Å². The van der Waals surface area contributed by atoms with Crippen molar-refractivity contribution >= 4 is 30.0 Å². The Morgan fingerprint density at radius 1 is 1.28 bits per heavy atom. The first kappa shape index (κ1) is 17.0. The SMILES string of the molecule is C=c1s/c(=C\c2ccc(-c3ccccc3)o2)c(=O)n1CC(=O)OCC. The Kier molecular flexibility index (Phi) is 5.00. The smallest absolute Gasteiger partial charge is 0.326 e. The lowest BCUT2D eigenvalue weighted by molar-refractivity contribution is -0.143. The van der Waals surface area contributed by atoms with Gasteiger partial charge in [-0.15, -0.1) is 11.3 Å². The Morgan fingerprint density at radius 3 is 2.76 bits per heavy atom. The first-order chi connectivity index (χ1) is 12.1. The van der Waals surface area contributed by atoms with Crippen LogP contribution in [0.4, 0.5) is 0 Å². The molecule has 0 aliphatic heterocycles. The fourth-order valence-corrected chi connectivity index (χ4v) is 3.26. The summed E-state index contributed by atoms with van der Waals surface area (Å²) in [5, 5.41) is 0. The van der Waals surface area contributed by atoms with Crippen LogP contribution < -0.4 is 14.8 Å². The molecule has 0 aliphatic carbocycles. The van der Waals surface area contributed by atoms with Crippen molar-refractivity contribution in [2.45, 2.75) is 13.5 Å². The third kappa shape index (κ3) is 3.80. The van der Waals surface area contributed by atoms with Gasteiger partial charge in [-0.1, -0.05) is 36.9 Å². The second kappa shape index (κ2) is 7.36. The van der Waals surface area contributed by atoms with Crippen molar-refractivity contribution in [2.75, 3.05) is 6.61 Å². The van der Waals surface area contributed by atoms with E-state index in [1.165, 1.54) is 15.9 Å². The molecule has 128 valence electrons. The van der Waals surface area contributed by atoms with Crippen LogP contribution in [0.15, 0.2) is 51.7 Å². The van der Waals surface area contributed by atoms with Gasteiger partial charge in [-0.05, 0) is 19.1 Å². The highest BCUT2D eigenvalue weighted by atomic mass is 32.1. The maximum Gasteiger partial charge on any atom is 0.326 e. The van der Waals surface area contributed by atoms with E-state index in [0.717, 1.165) is 11.3 Å². The van der Waals surface area contributed by atoms with Gasteiger partial charge in [0.25, 0.3) is 5.56 Å². The number of furan rings is 1. The van der Waals surface area contributed by atoms with E-state index >= 15 is 0 Å². The van der Waals surface area contributed by atoms with Crippen LogP contribution in [0, 0.1) is 0 Å². The quantitative estimate of drug-likeness (QED) is 0.657. The third-order valence-corrected chi connectivity index (χ3v) is 4.50. The summed E-state index contributed by atoms with van der Waals surface area (Å²) in [5.41, 5.74) is 0.687. The average Bonchev–Trinajstić information content (AvgIpc) is 3.17. The molecule has 0 atom stereocenters. The molecule has 0 N–H and O–H groups in total. The highest BCUT2D eigenvalue weighted by molar-refractivity contribution is 7.07. The Bertz CT molecular complexity index is 1040. The lowest BCUT2D eigenvalue weighted by Gasteiger charge is -2.01. The Hall–Kier alpha value is -2.86. The lowest BCUT2D eigenvalue weighted by Crippen LogP contribution is -2.34. The van der Waals surface area contributed by atoms with Crippen molar-refractivity contribution in [3.05, 3.63) is 67.8 Å². The second-order valence-electron chi connectivity index (χ2n) is 5.27. The Morgan fingerprint density at radius 2 is 2.04 bits per heavy atom. The van der Waals surface area contributed by atoms with Crippen molar-refractivity contribution in [1.29, 1.82) is 0 Å². The highest BCUT2D eigenvalue weighted by Crippen LogP contribution is 2.21. The number of carbonyl (C=O) groups is 1. The summed E-state index contributed by atoms with van der Waals surface area (Å²) in [7, 11) is 0. The van der Waals surface area contributed by atoms with E-state index < -0.39 is 5.97 Å². The molecular formula is C19H17NO4S. The molecule has 0 amide bonds. The zero-order chi connectivity index (χ0) is 17.8. The maximum atomic E-state index is 12.5. The summed E-state index contributed by atoms with van der Waals surface area (Å²) in [5.74, 6) is 0.841. The van der Waals surface area contributed by atoms with E-state index in [2.05, 4.69) is 6.58 Å². The van der Waals surface area contributed by atoms with Gasteiger partial charge in [0.1, 0.15) is 18.1 Å². The van der Waals surface area contributed by atoms with Crippen LogP contribution in [0.2, 0.25) is 0 Å². The van der Waals surface area contributed by atoms with Crippen LogP contribution >= 0.6 is 11.3 Å². The molecule has 2 heterocycles. The average molecular weight is 355 g/mol. The van der Waals surface area contributed by atoms with Crippen LogP contribution in [0.25, 0.3) is 24.0 Å². The van der Waals surface area contributed by atoms with Gasteiger partial charge >= 0.3 is 5.97 Å². The van der Waals surface area contributed by atoms with Crippen LogP contribution in [-0.2, 0) is 16.1 Å². The minimum Gasteiger partial charge on any atom is -0.465 e. The minimum atomic E-state index is -0.455. The third-order valence-electron chi connectivity index (χ3n) is 3.54. The molecule has 3 rings (SSSR count). The molecule has 5 nitrogen and oxygen atoms in total. The zero-order valence-electron chi connectivity index (χ0n) is 13.7. The van der Waals surface area contributed by atoms with Crippen LogP contribution in [-0.4, -0.2) is 17.1 Å². The van der Waals surface area contributed by atoms with E-state index in [0.29, 0.717) is 15.0 Å². The van der Waals surface area contributed by atoms with Gasteiger partial charge in [0.05, 0.1) is 15.8 Å². The molecule has 3 aromatic rings. The molecular weight excluding hydrogens is 338 g/mol. The number of nitrogens with zero attached hydrogens (tertiary/aromatic N) is 1. The Labute approximate surface area is 148 Å². The van der Waals surface area contributed by atoms with Gasteiger partial charge in [-0.25, -0.2) is 0 Å². The van der Waals surface area contributed by atoms with Gasteiger partial charge in [0.2, 0.25) is 0 Å². The van der Waals surface area contributed by atoms with Gasteiger partial charge in [0.15, 0.2) is 0 Å². The molecule has 0 radical (unpaired) electrons. The van der Waals surface area contributed by atoms with Crippen LogP contribution in [0.3, 0.4) is 0 Å². The largest absolute Gasteiger partial charge is 0.465 e. The lowest BCUT2D eigenvalue weighted by atomic mass is 10.2. The number of rotatable bonds is 5. The summed E-state index contributed by atoms with van der Waals surface area (Å²) >= 11 is 1.22. The predicted molar refractivity (Wildman–Crippen MR) is 97.7 cm³/mol. The fraction of sp³-hybridized carbons (Fsp3) is 0.158. The molecule has 1 aromatic carbocycles. The molecule has 0 saturated heterocycles. The second-order valence-corrected chi connectivity index (χ2v) is 6.38. The number of esters is 1. The molecule has 2 aromatic heterocycles. The molecule has 0 saturated carbocycles. The number of hydrogen-bond acceptors (Lipinski definition) is 5. The fourth-order valence-electron chi connectivity index (χ4n) is 2.38. The number of thiazole rings is 1. The van der Waals surface area contributed by atoms with Crippen molar-refractivity contribution in [3.63, 3.8) is 0 Å². The first-order valence-corrected chi connectivity index (χ1v) is 8.61. The molecule has 0 spiro atoms. The molecule has 0 fully saturated rings. The summed E-state index contributed by atoms with van der Waals surface area (Å²) < 4.78 is 12.9. The maximum absolute atomic E-state index is 12.5. The van der Waals surface area contributed by atoms with E-state index in [1.54, 1.807) is 19.1 Å². The first-order valence-electron chi connectivity index (χ1n) is 7.79. The normalized spacial score (nSPS) is 11.6. The predicted octanol–water partition coefficient (Wildman–Crippen LogP) is 1.97. The van der Waals surface area contributed by atoms with Crippen LogP contribution in [0.5, 0.6) is 0 Å². The van der Waals surface area contributed by atoms with E-state index in [4.69, 9.17) is 9.15 Å². The summed E-state index contributed by atoms with van der Waals surface area (Å²) in [6.45, 7) is 5.69. The highest BCUT2D eigenvalue weighted by Gasteiger charge is 2.10. The van der Waals surface area contributed by atoms with E-state index in [9.17, 15) is 9.59 Å². The molecule has 0 aliphatic rings. The van der Waals surface area contributed by atoms with E-state index in [1.807, 2.05) is 36.4 Å². The summed E-state index contributed by atoms with van der Waals surface area (Å²) in [6.07, 6.45) is 1.66. The van der Waals surface area contributed by atoms with Crippen LogP contribution in [0.1, 0.15) is 12.7 Å². The number of ether oxygens (including phenoxy) is 1. The molecule has 25 heavy (non-hydrogen) atoms. The summed E-state index contributed by atoms with van der Waals surface area (Å²) in [6, 6.07) is 13.4.